The van der Waals surface area contributed by atoms with E-state index in [1.807, 2.05) is 12.3 Å². The van der Waals surface area contributed by atoms with Gasteiger partial charge in [-0.05, 0) is 61.2 Å². The maximum atomic E-state index is 5.67. The molecular weight excluding hydrogens is 252 g/mol. The Hall–Kier alpha value is -0.890. The Balaban J connectivity index is 1.63. The molecule has 0 amide bonds. The van der Waals surface area contributed by atoms with Gasteiger partial charge in [-0.3, -0.25) is 0 Å². The normalized spacial score (nSPS) is 17.4. The average Bonchev–Trinajstić information content (AvgIpc) is 2.49. The van der Waals surface area contributed by atoms with Crippen molar-refractivity contribution in [2.24, 2.45) is 5.92 Å². The largest absolute Gasteiger partial charge is 0.501 e. The number of thioether (sulfide) groups is 1. The summed E-state index contributed by atoms with van der Waals surface area (Å²) in [6.45, 7) is 2.96. The third kappa shape index (κ3) is 5.32. The molecule has 1 aliphatic heterocycles. The van der Waals surface area contributed by atoms with Crippen molar-refractivity contribution in [1.29, 1.82) is 0 Å². The number of hydrogen-bond acceptors (Lipinski definition) is 2. The van der Waals surface area contributed by atoms with Crippen molar-refractivity contribution in [3.63, 3.8) is 0 Å². The third-order valence-corrected chi connectivity index (χ3v) is 4.75. The Morgan fingerprint density at radius 2 is 2.00 bits per heavy atom. The third-order valence-electron chi connectivity index (χ3n) is 3.70. The Labute approximate surface area is 121 Å². The van der Waals surface area contributed by atoms with E-state index >= 15 is 0 Å². The van der Waals surface area contributed by atoms with E-state index in [2.05, 4.69) is 43.0 Å². The van der Waals surface area contributed by atoms with Crippen molar-refractivity contribution in [3.05, 3.63) is 42.2 Å². The van der Waals surface area contributed by atoms with Crippen LogP contribution in [-0.4, -0.2) is 18.1 Å². The zero-order valence-electron chi connectivity index (χ0n) is 11.8. The van der Waals surface area contributed by atoms with E-state index in [9.17, 15) is 0 Å². The number of benzene rings is 1. The Kier molecular flexibility index (Phi) is 6.35. The molecule has 2 rings (SSSR count). The van der Waals surface area contributed by atoms with Crippen LogP contribution < -0.4 is 0 Å². The lowest BCUT2D eigenvalue weighted by atomic mass is 9.97. The first-order valence-electron chi connectivity index (χ1n) is 7.28. The highest BCUT2D eigenvalue weighted by Gasteiger charge is 2.12. The maximum absolute atomic E-state index is 5.67. The van der Waals surface area contributed by atoms with Crippen molar-refractivity contribution in [1.82, 2.24) is 0 Å². The van der Waals surface area contributed by atoms with E-state index in [4.69, 9.17) is 4.74 Å². The first kappa shape index (κ1) is 14.5. The minimum atomic E-state index is 0.855. The first-order chi connectivity index (χ1) is 9.36. The maximum Gasteiger partial charge on any atom is 0.0873 e. The molecule has 0 saturated carbocycles. The molecule has 1 aromatic carbocycles. The number of hydrogen-bond donors (Lipinski definition) is 0. The fraction of sp³-hybridized carbons (Fsp3) is 0.529. The van der Waals surface area contributed by atoms with Gasteiger partial charge < -0.3 is 4.74 Å². The monoisotopic (exact) mass is 276 g/mol. The SMILES string of the molecule is C/C(=C/OCCCC1CCSCC1)c1ccccc1. The van der Waals surface area contributed by atoms with Crippen LogP contribution in [0, 0.1) is 5.92 Å². The standard InChI is InChI=1S/C17H24OS/c1-15(17-7-3-2-4-8-17)14-18-11-5-6-16-9-12-19-13-10-16/h2-4,7-8,14,16H,5-6,9-13H2,1H3/b15-14-. The zero-order chi connectivity index (χ0) is 13.3. The van der Waals surface area contributed by atoms with Crippen molar-refractivity contribution in [2.75, 3.05) is 18.1 Å². The van der Waals surface area contributed by atoms with Crippen LogP contribution in [0.15, 0.2) is 36.6 Å². The Bertz CT molecular complexity index is 380. The summed E-state index contributed by atoms with van der Waals surface area (Å²) in [6, 6.07) is 10.4. The average molecular weight is 276 g/mol. The van der Waals surface area contributed by atoms with Crippen LogP contribution in [0.25, 0.3) is 5.57 Å². The fourth-order valence-electron chi connectivity index (χ4n) is 2.44. The van der Waals surface area contributed by atoms with Gasteiger partial charge >= 0.3 is 0 Å². The van der Waals surface area contributed by atoms with E-state index in [1.165, 1.54) is 48.3 Å². The predicted molar refractivity (Wildman–Crippen MR) is 85.3 cm³/mol. The second-order valence-corrected chi connectivity index (χ2v) is 6.46. The molecule has 0 atom stereocenters. The number of allylic oxidation sites excluding steroid dienone is 1. The van der Waals surface area contributed by atoms with Gasteiger partial charge in [-0.2, -0.15) is 11.8 Å². The van der Waals surface area contributed by atoms with E-state index in [0.29, 0.717) is 0 Å². The number of rotatable bonds is 6. The summed E-state index contributed by atoms with van der Waals surface area (Å²) in [5.41, 5.74) is 2.45. The van der Waals surface area contributed by atoms with Crippen molar-refractivity contribution >= 4 is 17.3 Å². The molecule has 1 saturated heterocycles. The molecule has 0 bridgehead atoms. The number of ether oxygens (including phenoxy) is 1. The minimum Gasteiger partial charge on any atom is -0.501 e. The molecule has 1 fully saturated rings. The fourth-order valence-corrected chi connectivity index (χ4v) is 3.65. The van der Waals surface area contributed by atoms with E-state index < -0.39 is 0 Å². The van der Waals surface area contributed by atoms with E-state index in [0.717, 1.165) is 12.5 Å². The van der Waals surface area contributed by atoms with Crippen LogP contribution in [0.2, 0.25) is 0 Å². The first-order valence-corrected chi connectivity index (χ1v) is 8.43. The molecule has 1 aliphatic rings. The highest BCUT2D eigenvalue weighted by Crippen LogP contribution is 2.26. The van der Waals surface area contributed by atoms with Crippen LogP contribution >= 0.6 is 11.8 Å². The van der Waals surface area contributed by atoms with Gasteiger partial charge in [-0.25, -0.2) is 0 Å². The van der Waals surface area contributed by atoms with Gasteiger partial charge in [-0.15, -0.1) is 0 Å². The molecule has 0 N–H and O–H groups in total. The summed E-state index contributed by atoms with van der Waals surface area (Å²) in [7, 11) is 0. The highest BCUT2D eigenvalue weighted by atomic mass is 32.2. The zero-order valence-corrected chi connectivity index (χ0v) is 12.6. The second-order valence-electron chi connectivity index (χ2n) is 5.24. The quantitative estimate of drug-likeness (QED) is 0.535. The van der Waals surface area contributed by atoms with Gasteiger partial charge in [-0.1, -0.05) is 30.3 Å². The lowest BCUT2D eigenvalue weighted by Crippen LogP contribution is -2.10. The predicted octanol–water partition coefficient (Wildman–Crippen LogP) is 4.99. The molecule has 104 valence electrons. The van der Waals surface area contributed by atoms with Crippen LogP contribution in [0.1, 0.15) is 38.2 Å². The summed E-state index contributed by atoms with van der Waals surface area (Å²) in [5, 5.41) is 0. The molecule has 19 heavy (non-hydrogen) atoms. The van der Waals surface area contributed by atoms with E-state index in [1.54, 1.807) is 0 Å². The summed E-state index contributed by atoms with van der Waals surface area (Å²) in [5.74, 6) is 3.67. The van der Waals surface area contributed by atoms with Crippen molar-refractivity contribution in [3.8, 4) is 0 Å². The van der Waals surface area contributed by atoms with Crippen LogP contribution in [0.3, 0.4) is 0 Å². The van der Waals surface area contributed by atoms with Gasteiger partial charge in [0.2, 0.25) is 0 Å². The Morgan fingerprint density at radius 3 is 2.74 bits per heavy atom. The topological polar surface area (TPSA) is 9.23 Å². The molecule has 0 spiro atoms. The lowest BCUT2D eigenvalue weighted by molar-refractivity contribution is 0.232. The summed E-state index contributed by atoms with van der Waals surface area (Å²) in [6.07, 6.45) is 7.24. The smallest absolute Gasteiger partial charge is 0.0873 e. The van der Waals surface area contributed by atoms with Gasteiger partial charge in [0, 0.05) is 0 Å². The lowest BCUT2D eigenvalue weighted by Gasteiger charge is -2.20. The van der Waals surface area contributed by atoms with Gasteiger partial charge in [0.1, 0.15) is 0 Å². The van der Waals surface area contributed by atoms with Gasteiger partial charge in [0.25, 0.3) is 0 Å². The van der Waals surface area contributed by atoms with Gasteiger partial charge in [0.05, 0.1) is 12.9 Å². The van der Waals surface area contributed by atoms with Crippen LogP contribution in [0.5, 0.6) is 0 Å². The van der Waals surface area contributed by atoms with Crippen LogP contribution in [0.4, 0.5) is 0 Å². The molecular formula is C17H24OS. The summed E-state index contributed by atoms with van der Waals surface area (Å²) in [4.78, 5) is 0. The van der Waals surface area contributed by atoms with Crippen LogP contribution in [-0.2, 0) is 4.74 Å². The van der Waals surface area contributed by atoms with Gasteiger partial charge in [0.15, 0.2) is 0 Å². The Morgan fingerprint density at radius 1 is 1.26 bits per heavy atom. The van der Waals surface area contributed by atoms with Crippen molar-refractivity contribution in [2.45, 2.75) is 32.6 Å². The second kappa shape index (κ2) is 8.31. The molecule has 0 aromatic heterocycles. The molecule has 1 heterocycles. The molecule has 0 aliphatic carbocycles. The molecule has 1 aromatic rings. The van der Waals surface area contributed by atoms with E-state index in [-0.39, 0.29) is 0 Å². The summed E-state index contributed by atoms with van der Waals surface area (Å²) < 4.78 is 5.67. The molecule has 1 nitrogen and oxygen atoms in total. The summed E-state index contributed by atoms with van der Waals surface area (Å²) >= 11 is 2.10. The molecule has 0 unspecified atom stereocenters. The molecule has 0 radical (unpaired) electrons. The minimum absolute atomic E-state index is 0.855. The highest BCUT2D eigenvalue weighted by molar-refractivity contribution is 7.99. The van der Waals surface area contributed by atoms with Crippen molar-refractivity contribution < 1.29 is 4.74 Å². The molecule has 2 heteroatoms.